The smallest absolute Gasteiger partial charge is 0.339 e. The van der Waals surface area contributed by atoms with Gasteiger partial charge in [0, 0.05) is 22.6 Å². The second kappa shape index (κ2) is 6.67. The predicted molar refractivity (Wildman–Crippen MR) is 99.9 cm³/mol. The van der Waals surface area contributed by atoms with E-state index in [0.29, 0.717) is 23.3 Å². The van der Waals surface area contributed by atoms with Crippen LogP contribution in [0, 0.1) is 6.92 Å². The molecule has 144 valence electrons. The maximum Gasteiger partial charge on any atom is 0.339 e. The standard InChI is InChI=1S/C19H21NO6S/c1-11-16(25-9-17(21)20-12-7-8-27(23,24)10-12)6-5-14-13-3-2-4-15(13)19(22)26-18(11)14/h5-6,12H,2-4,7-10H2,1H3,(H,20,21)/t12-/m1/s1. The Bertz CT molecular complexity index is 1090. The van der Waals surface area contributed by atoms with Gasteiger partial charge in [-0.15, -0.1) is 0 Å². The number of carbonyl (C=O) groups excluding carboxylic acids is 1. The van der Waals surface area contributed by atoms with Gasteiger partial charge in [-0.2, -0.15) is 0 Å². The van der Waals surface area contributed by atoms with Crippen LogP contribution in [0.5, 0.6) is 5.75 Å². The molecule has 0 unspecified atom stereocenters. The maximum atomic E-state index is 12.2. The normalized spacial score (nSPS) is 20.6. The first-order valence-electron chi connectivity index (χ1n) is 9.05. The van der Waals surface area contributed by atoms with Crippen molar-refractivity contribution in [1.29, 1.82) is 0 Å². The number of rotatable bonds is 4. The summed E-state index contributed by atoms with van der Waals surface area (Å²) in [5.41, 5.74) is 2.70. The number of aryl methyl sites for hydroxylation is 2. The molecule has 1 aromatic carbocycles. The van der Waals surface area contributed by atoms with Crippen molar-refractivity contribution >= 4 is 26.7 Å². The summed E-state index contributed by atoms with van der Waals surface area (Å²) in [5, 5.41) is 3.61. The van der Waals surface area contributed by atoms with Crippen LogP contribution in [-0.4, -0.2) is 38.5 Å². The van der Waals surface area contributed by atoms with E-state index >= 15 is 0 Å². The lowest BCUT2D eigenvalue weighted by Crippen LogP contribution is -2.38. The fourth-order valence-electron chi connectivity index (χ4n) is 3.94. The molecule has 1 aliphatic heterocycles. The van der Waals surface area contributed by atoms with Crippen molar-refractivity contribution in [2.75, 3.05) is 18.1 Å². The molecule has 4 rings (SSSR count). The molecule has 2 heterocycles. The Kier molecular flexibility index (Phi) is 4.46. The molecule has 0 saturated carbocycles. The fraction of sp³-hybridized carbons (Fsp3) is 0.474. The SMILES string of the molecule is Cc1c(OCC(=O)N[C@@H]2CCS(=O)(=O)C2)ccc2c3c(c(=O)oc12)CCC3. The van der Waals surface area contributed by atoms with Crippen molar-refractivity contribution < 1.29 is 22.4 Å². The van der Waals surface area contributed by atoms with Gasteiger partial charge in [0.05, 0.1) is 11.5 Å². The van der Waals surface area contributed by atoms with Crippen LogP contribution >= 0.6 is 0 Å². The Labute approximate surface area is 156 Å². The van der Waals surface area contributed by atoms with E-state index in [9.17, 15) is 18.0 Å². The fourth-order valence-corrected chi connectivity index (χ4v) is 5.61. The van der Waals surface area contributed by atoms with Crippen LogP contribution in [0.4, 0.5) is 0 Å². The highest BCUT2D eigenvalue weighted by atomic mass is 32.2. The Morgan fingerprint density at radius 3 is 2.81 bits per heavy atom. The molecule has 0 bridgehead atoms. The molecule has 7 nitrogen and oxygen atoms in total. The third-order valence-corrected chi connectivity index (χ3v) is 7.06. The summed E-state index contributed by atoms with van der Waals surface area (Å²) in [5.74, 6) is 0.181. The second-order valence-electron chi connectivity index (χ2n) is 7.22. The minimum atomic E-state index is -3.05. The van der Waals surface area contributed by atoms with Gasteiger partial charge in [-0.3, -0.25) is 4.79 Å². The van der Waals surface area contributed by atoms with E-state index in [1.54, 1.807) is 13.0 Å². The highest BCUT2D eigenvalue weighted by molar-refractivity contribution is 7.91. The lowest BCUT2D eigenvalue weighted by Gasteiger charge is -2.14. The van der Waals surface area contributed by atoms with Gasteiger partial charge >= 0.3 is 5.63 Å². The zero-order valence-electron chi connectivity index (χ0n) is 15.0. The summed E-state index contributed by atoms with van der Waals surface area (Å²) in [7, 11) is -3.05. The van der Waals surface area contributed by atoms with Gasteiger partial charge in [0.25, 0.3) is 5.91 Å². The van der Waals surface area contributed by atoms with Gasteiger partial charge in [-0.05, 0) is 50.3 Å². The lowest BCUT2D eigenvalue weighted by molar-refractivity contribution is -0.123. The monoisotopic (exact) mass is 391 g/mol. The molecule has 1 aromatic heterocycles. The Balaban J connectivity index is 1.50. The molecular weight excluding hydrogens is 370 g/mol. The van der Waals surface area contributed by atoms with E-state index in [1.165, 1.54) is 0 Å². The summed E-state index contributed by atoms with van der Waals surface area (Å²) < 4.78 is 34.0. The molecule has 27 heavy (non-hydrogen) atoms. The molecule has 0 radical (unpaired) electrons. The molecule has 1 aliphatic carbocycles. The van der Waals surface area contributed by atoms with Crippen LogP contribution in [0.2, 0.25) is 0 Å². The van der Waals surface area contributed by atoms with Crippen molar-refractivity contribution in [3.05, 3.63) is 39.2 Å². The number of hydrogen-bond acceptors (Lipinski definition) is 6. The summed E-state index contributed by atoms with van der Waals surface area (Å²) in [6, 6.07) is 3.29. The summed E-state index contributed by atoms with van der Waals surface area (Å²) in [6.45, 7) is 1.57. The van der Waals surface area contributed by atoms with E-state index < -0.39 is 9.84 Å². The highest BCUT2D eigenvalue weighted by Gasteiger charge is 2.29. The third kappa shape index (κ3) is 3.45. The molecule has 2 aliphatic rings. The molecule has 1 fully saturated rings. The number of carbonyl (C=O) groups is 1. The summed E-state index contributed by atoms with van der Waals surface area (Å²) in [4.78, 5) is 24.2. The maximum absolute atomic E-state index is 12.2. The van der Waals surface area contributed by atoms with E-state index in [0.717, 1.165) is 35.8 Å². The molecular formula is C19H21NO6S. The van der Waals surface area contributed by atoms with Crippen molar-refractivity contribution in [3.63, 3.8) is 0 Å². The molecule has 1 N–H and O–H groups in total. The van der Waals surface area contributed by atoms with Crippen LogP contribution < -0.4 is 15.7 Å². The number of amides is 1. The Hall–Kier alpha value is -2.35. The van der Waals surface area contributed by atoms with Crippen molar-refractivity contribution in [2.24, 2.45) is 0 Å². The molecule has 1 atom stereocenters. The minimum absolute atomic E-state index is 0.0238. The number of fused-ring (bicyclic) bond motifs is 3. The molecule has 2 aromatic rings. The van der Waals surface area contributed by atoms with Crippen molar-refractivity contribution in [3.8, 4) is 5.75 Å². The third-order valence-electron chi connectivity index (χ3n) is 5.30. The van der Waals surface area contributed by atoms with Gasteiger partial charge in [-0.25, -0.2) is 13.2 Å². The van der Waals surface area contributed by atoms with Crippen LogP contribution in [0.15, 0.2) is 21.3 Å². The van der Waals surface area contributed by atoms with E-state index in [4.69, 9.17) is 9.15 Å². The Morgan fingerprint density at radius 1 is 1.30 bits per heavy atom. The van der Waals surface area contributed by atoms with Crippen molar-refractivity contribution in [1.82, 2.24) is 5.32 Å². The first-order chi connectivity index (χ1) is 12.8. The minimum Gasteiger partial charge on any atom is -0.483 e. The van der Waals surface area contributed by atoms with E-state index in [1.807, 2.05) is 6.07 Å². The van der Waals surface area contributed by atoms with E-state index in [2.05, 4.69) is 5.32 Å². The molecule has 0 spiro atoms. The molecule has 1 saturated heterocycles. The Morgan fingerprint density at radius 2 is 2.07 bits per heavy atom. The highest BCUT2D eigenvalue weighted by Crippen LogP contribution is 2.32. The number of hydrogen-bond donors (Lipinski definition) is 1. The quantitative estimate of drug-likeness (QED) is 0.788. The largest absolute Gasteiger partial charge is 0.483 e. The van der Waals surface area contributed by atoms with Crippen molar-refractivity contribution in [2.45, 2.75) is 38.6 Å². The van der Waals surface area contributed by atoms with Gasteiger partial charge < -0.3 is 14.5 Å². The topological polar surface area (TPSA) is 103 Å². The first-order valence-corrected chi connectivity index (χ1v) is 10.9. The van der Waals surface area contributed by atoms with Gasteiger partial charge in [0.15, 0.2) is 16.4 Å². The number of nitrogens with one attached hydrogen (secondary N) is 1. The van der Waals surface area contributed by atoms with Gasteiger partial charge in [-0.1, -0.05) is 0 Å². The zero-order chi connectivity index (χ0) is 19.2. The van der Waals surface area contributed by atoms with Crippen LogP contribution in [-0.2, 0) is 27.5 Å². The van der Waals surface area contributed by atoms with E-state index in [-0.39, 0.29) is 35.7 Å². The molecule has 1 amide bonds. The second-order valence-corrected chi connectivity index (χ2v) is 9.45. The average molecular weight is 391 g/mol. The van der Waals surface area contributed by atoms with Gasteiger partial charge in [0.2, 0.25) is 0 Å². The van der Waals surface area contributed by atoms with Crippen LogP contribution in [0.1, 0.15) is 29.5 Å². The molecule has 8 heteroatoms. The zero-order valence-corrected chi connectivity index (χ0v) is 15.9. The van der Waals surface area contributed by atoms with Crippen LogP contribution in [0.25, 0.3) is 11.0 Å². The van der Waals surface area contributed by atoms with Gasteiger partial charge in [0.1, 0.15) is 11.3 Å². The lowest BCUT2D eigenvalue weighted by atomic mass is 10.0. The first kappa shape index (κ1) is 18.0. The predicted octanol–water partition coefficient (Wildman–Crippen LogP) is 1.27. The summed E-state index contributed by atoms with van der Waals surface area (Å²) in [6.07, 6.45) is 3.00. The number of benzene rings is 1. The van der Waals surface area contributed by atoms with Crippen LogP contribution in [0.3, 0.4) is 0 Å². The average Bonchev–Trinajstić information content (AvgIpc) is 3.22. The number of sulfone groups is 1. The summed E-state index contributed by atoms with van der Waals surface area (Å²) >= 11 is 0. The number of ether oxygens (including phenoxy) is 1.